The van der Waals surface area contributed by atoms with E-state index in [1.54, 1.807) is 0 Å². The Morgan fingerprint density at radius 3 is 2.50 bits per heavy atom. The normalized spacial score (nSPS) is 12.6. The van der Waals surface area contributed by atoms with Gasteiger partial charge in [0.05, 0.1) is 7.11 Å². The highest BCUT2D eigenvalue weighted by atomic mass is 19.1. The summed E-state index contributed by atoms with van der Waals surface area (Å²) in [5.41, 5.74) is 0.505. The summed E-state index contributed by atoms with van der Waals surface area (Å²) < 4.78 is 31.3. The third-order valence-electron chi connectivity index (χ3n) is 2.43. The average Bonchev–Trinajstić information content (AvgIpc) is 2.18. The van der Waals surface area contributed by atoms with Crippen LogP contribution in [0.4, 0.5) is 8.78 Å². The zero-order valence-electron chi connectivity index (χ0n) is 8.60. The second-order valence-corrected chi connectivity index (χ2v) is 3.29. The van der Waals surface area contributed by atoms with Gasteiger partial charge in [-0.15, -0.1) is 0 Å². The van der Waals surface area contributed by atoms with E-state index in [-0.39, 0.29) is 11.7 Å². The Balaban J connectivity index is 3.21. The van der Waals surface area contributed by atoms with Crippen LogP contribution in [0.3, 0.4) is 0 Å². The minimum absolute atomic E-state index is 0.0736. The molecular weight excluding hydrogens is 186 g/mol. The van der Waals surface area contributed by atoms with Gasteiger partial charge in [-0.2, -0.15) is 0 Å². The number of hydrogen-bond donors (Lipinski definition) is 0. The number of hydrogen-bond acceptors (Lipinski definition) is 1. The number of benzene rings is 1. The van der Waals surface area contributed by atoms with Gasteiger partial charge in [0.2, 0.25) is 0 Å². The van der Waals surface area contributed by atoms with Crippen molar-refractivity contribution in [1.82, 2.24) is 0 Å². The van der Waals surface area contributed by atoms with Gasteiger partial charge in [0, 0.05) is 0 Å². The topological polar surface area (TPSA) is 9.23 Å². The van der Waals surface area contributed by atoms with Gasteiger partial charge in [-0.05, 0) is 24.0 Å². The number of halogens is 2. The molecule has 0 radical (unpaired) electrons. The smallest absolute Gasteiger partial charge is 0.190 e. The first kappa shape index (κ1) is 11.0. The molecule has 0 aliphatic rings. The Morgan fingerprint density at radius 1 is 1.36 bits per heavy atom. The maximum atomic E-state index is 13.6. The zero-order chi connectivity index (χ0) is 10.7. The van der Waals surface area contributed by atoms with Crippen LogP contribution in [0.1, 0.15) is 31.7 Å². The monoisotopic (exact) mass is 200 g/mol. The van der Waals surface area contributed by atoms with Crippen molar-refractivity contribution in [3.05, 3.63) is 29.3 Å². The van der Waals surface area contributed by atoms with Gasteiger partial charge < -0.3 is 4.74 Å². The molecule has 1 unspecified atom stereocenters. The highest BCUT2D eigenvalue weighted by Gasteiger charge is 2.17. The van der Waals surface area contributed by atoms with Crippen LogP contribution in [-0.4, -0.2) is 7.11 Å². The molecule has 0 aliphatic heterocycles. The van der Waals surface area contributed by atoms with Gasteiger partial charge in [-0.25, -0.2) is 8.78 Å². The first-order valence-electron chi connectivity index (χ1n) is 4.63. The second-order valence-electron chi connectivity index (χ2n) is 3.29. The van der Waals surface area contributed by atoms with E-state index in [2.05, 4.69) is 4.74 Å². The SMILES string of the molecule is CCC(C)c1ccc(F)c(OC)c1F. The predicted molar refractivity (Wildman–Crippen MR) is 51.6 cm³/mol. The number of methoxy groups -OCH3 is 1. The first-order chi connectivity index (χ1) is 6.61. The Labute approximate surface area is 82.7 Å². The van der Waals surface area contributed by atoms with Gasteiger partial charge in [0.25, 0.3) is 0 Å². The van der Waals surface area contributed by atoms with Gasteiger partial charge in [0.1, 0.15) is 0 Å². The summed E-state index contributed by atoms with van der Waals surface area (Å²) >= 11 is 0. The van der Waals surface area contributed by atoms with Crippen LogP contribution in [0.5, 0.6) is 5.75 Å². The van der Waals surface area contributed by atoms with Gasteiger partial charge in [-0.1, -0.05) is 19.9 Å². The standard InChI is InChI=1S/C11H14F2O/c1-4-7(2)8-5-6-9(12)11(14-3)10(8)13/h5-7H,4H2,1-3H3. The Morgan fingerprint density at radius 2 is 2.00 bits per heavy atom. The molecule has 1 rings (SSSR count). The minimum atomic E-state index is -0.656. The molecule has 0 N–H and O–H groups in total. The van der Waals surface area contributed by atoms with E-state index in [1.807, 2.05) is 13.8 Å². The van der Waals surface area contributed by atoms with Crippen LogP contribution >= 0.6 is 0 Å². The van der Waals surface area contributed by atoms with Crippen LogP contribution < -0.4 is 4.74 Å². The van der Waals surface area contributed by atoms with Crippen molar-refractivity contribution < 1.29 is 13.5 Å². The van der Waals surface area contributed by atoms with Crippen molar-refractivity contribution in [2.24, 2.45) is 0 Å². The summed E-state index contributed by atoms with van der Waals surface area (Å²) in [6.45, 7) is 3.86. The molecular formula is C11H14F2O. The molecule has 78 valence electrons. The van der Waals surface area contributed by atoms with Crippen molar-refractivity contribution in [2.45, 2.75) is 26.2 Å². The van der Waals surface area contributed by atoms with Crippen LogP contribution in [0.25, 0.3) is 0 Å². The molecule has 0 fully saturated rings. The Kier molecular flexibility index (Phi) is 3.44. The van der Waals surface area contributed by atoms with Crippen LogP contribution in [0, 0.1) is 11.6 Å². The van der Waals surface area contributed by atoms with Crippen LogP contribution in [0.15, 0.2) is 12.1 Å². The summed E-state index contributed by atoms with van der Waals surface area (Å²) in [7, 11) is 1.27. The molecule has 3 heteroatoms. The molecule has 0 bridgehead atoms. The fourth-order valence-electron chi connectivity index (χ4n) is 1.34. The predicted octanol–water partition coefficient (Wildman–Crippen LogP) is 3.49. The molecule has 14 heavy (non-hydrogen) atoms. The average molecular weight is 200 g/mol. The lowest BCUT2D eigenvalue weighted by Gasteiger charge is -2.12. The highest BCUT2D eigenvalue weighted by molar-refractivity contribution is 5.34. The molecule has 0 aromatic heterocycles. The van der Waals surface area contributed by atoms with Crippen molar-refractivity contribution in [3.8, 4) is 5.75 Å². The van der Waals surface area contributed by atoms with E-state index < -0.39 is 11.6 Å². The third kappa shape index (κ3) is 1.86. The molecule has 1 nitrogen and oxygen atoms in total. The number of ether oxygens (including phenoxy) is 1. The van der Waals surface area contributed by atoms with Gasteiger partial charge in [-0.3, -0.25) is 0 Å². The Bertz CT molecular complexity index is 323. The van der Waals surface area contributed by atoms with E-state index in [9.17, 15) is 8.78 Å². The molecule has 0 amide bonds. The molecule has 0 saturated heterocycles. The molecule has 0 saturated carbocycles. The first-order valence-corrected chi connectivity index (χ1v) is 4.63. The van der Waals surface area contributed by atoms with Gasteiger partial charge in [0.15, 0.2) is 17.4 Å². The van der Waals surface area contributed by atoms with Crippen molar-refractivity contribution >= 4 is 0 Å². The molecule has 0 aliphatic carbocycles. The van der Waals surface area contributed by atoms with Crippen molar-refractivity contribution in [2.75, 3.05) is 7.11 Å². The molecule has 1 aromatic carbocycles. The fourth-order valence-corrected chi connectivity index (χ4v) is 1.34. The van der Waals surface area contributed by atoms with E-state index >= 15 is 0 Å². The summed E-state index contributed by atoms with van der Waals surface area (Å²) in [5, 5.41) is 0. The summed E-state index contributed by atoms with van der Waals surface area (Å²) in [5.74, 6) is -1.45. The maximum absolute atomic E-state index is 13.6. The van der Waals surface area contributed by atoms with E-state index in [4.69, 9.17) is 0 Å². The largest absolute Gasteiger partial charge is 0.491 e. The Hall–Kier alpha value is -1.12. The maximum Gasteiger partial charge on any atom is 0.190 e. The lowest BCUT2D eigenvalue weighted by atomic mass is 9.98. The second kappa shape index (κ2) is 4.40. The summed E-state index contributed by atoms with van der Waals surface area (Å²) in [6.07, 6.45) is 0.811. The van der Waals surface area contributed by atoms with E-state index in [1.165, 1.54) is 19.2 Å². The molecule has 0 spiro atoms. The number of rotatable bonds is 3. The molecule has 1 atom stereocenters. The highest BCUT2D eigenvalue weighted by Crippen LogP contribution is 2.29. The zero-order valence-corrected chi connectivity index (χ0v) is 8.60. The lowest BCUT2D eigenvalue weighted by Crippen LogP contribution is -2.01. The third-order valence-corrected chi connectivity index (χ3v) is 2.43. The molecule has 0 heterocycles. The van der Waals surface area contributed by atoms with Crippen LogP contribution in [-0.2, 0) is 0 Å². The fraction of sp³-hybridized carbons (Fsp3) is 0.455. The van der Waals surface area contributed by atoms with Crippen molar-refractivity contribution in [3.63, 3.8) is 0 Å². The van der Waals surface area contributed by atoms with Crippen LogP contribution in [0.2, 0.25) is 0 Å². The lowest BCUT2D eigenvalue weighted by molar-refractivity contribution is 0.356. The summed E-state index contributed by atoms with van der Waals surface area (Å²) in [4.78, 5) is 0. The van der Waals surface area contributed by atoms with Gasteiger partial charge >= 0.3 is 0 Å². The quantitative estimate of drug-likeness (QED) is 0.725. The van der Waals surface area contributed by atoms with Crippen molar-refractivity contribution in [1.29, 1.82) is 0 Å². The molecule has 1 aromatic rings. The minimum Gasteiger partial charge on any atom is -0.491 e. The van der Waals surface area contributed by atoms with E-state index in [0.29, 0.717) is 5.56 Å². The summed E-state index contributed by atoms with van der Waals surface area (Å²) in [6, 6.07) is 2.71. The van der Waals surface area contributed by atoms with E-state index in [0.717, 1.165) is 6.42 Å².